The second kappa shape index (κ2) is 7.99. The SMILES string of the molecule is COCCNCc1cccnc1Sc1cccc(F)c1. The fraction of sp³-hybridized carbons (Fsp3) is 0.267. The monoisotopic (exact) mass is 292 g/mol. The maximum absolute atomic E-state index is 13.2. The minimum Gasteiger partial charge on any atom is -0.383 e. The van der Waals surface area contributed by atoms with Crippen molar-refractivity contribution in [2.75, 3.05) is 20.3 Å². The molecule has 0 aliphatic rings. The van der Waals surface area contributed by atoms with E-state index in [1.165, 1.54) is 23.9 Å². The normalized spacial score (nSPS) is 10.7. The van der Waals surface area contributed by atoms with Gasteiger partial charge in [0.05, 0.1) is 6.61 Å². The number of rotatable bonds is 7. The number of pyridine rings is 1. The molecule has 0 bridgehead atoms. The van der Waals surface area contributed by atoms with Crippen LogP contribution in [0.1, 0.15) is 5.56 Å². The van der Waals surface area contributed by atoms with Crippen molar-refractivity contribution in [3.05, 3.63) is 54.0 Å². The zero-order chi connectivity index (χ0) is 14.2. The van der Waals surface area contributed by atoms with Gasteiger partial charge < -0.3 is 10.1 Å². The summed E-state index contributed by atoms with van der Waals surface area (Å²) in [5.41, 5.74) is 1.10. The minimum atomic E-state index is -0.231. The number of aromatic nitrogens is 1. The average molecular weight is 292 g/mol. The molecule has 2 aromatic rings. The molecule has 0 atom stereocenters. The van der Waals surface area contributed by atoms with Crippen LogP contribution < -0.4 is 5.32 Å². The third kappa shape index (κ3) is 4.59. The van der Waals surface area contributed by atoms with Crippen molar-refractivity contribution in [1.82, 2.24) is 10.3 Å². The number of hydrogen-bond acceptors (Lipinski definition) is 4. The van der Waals surface area contributed by atoms with Crippen LogP contribution in [0.15, 0.2) is 52.5 Å². The Hall–Kier alpha value is -1.43. The summed E-state index contributed by atoms with van der Waals surface area (Å²) in [6, 6.07) is 10.5. The fourth-order valence-corrected chi connectivity index (χ4v) is 2.62. The Labute approximate surface area is 122 Å². The van der Waals surface area contributed by atoms with Crippen LogP contribution in [0.3, 0.4) is 0 Å². The number of nitrogens with one attached hydrogen (secondary N) is 1. The van der Waals surface area contributed by atoms with E-state index in [9.17, 15) is 4.39 Å². The standard InChI is InChI=1S/C15H17FN2OS/c1-19-9-8-17-11-12-4-3-7-18-15(12)20-14-6-2-5-13(16)10-14/h2-7,10,17H,8-9,11H2,1H3. The van der Waals surface area contributed by atoms with Crippen LogP contribution in [0.4, 0.5) is 4.39 Å². The lowest BCUT2D eigenvalue weighted by Gasteiger charge is -2.09. The van der Waals surface area contributed by atoms with Crippen LogP contribution in [0.5, 0.6) is 0 Å². The van der Waals surface area contributed by atoms with Crippen molar-refractivity contribution in [1.29, 1.82) is 0 Å². The van der Waals surface area contributed by atoms with Crippen molar-refractivity contribution in [3.63, 3.8) is 0 Å². The van der Waals surface area contributed by atoms with E-state index in [0.29, 0.717) is 6.61 Å². The molecular formula is C15H17FN2OS. The van der Waals surface area contributed by atoms with E-state index < -0.39 is 0 Å². The van der Waals surface area contributed by atoms with Crippen LogP contribution in [-0.4, -0.2) is 25.2 Å². The molecule has 1 heterocycles. The van der Waals surface area contributed by atoms with Gasteiger partial charge in [0.2, 0.25) is 0 Å². The predicted octanol–water partition coefficient (Wildman–Crippen LogP) is 3.11. The van der Waals surface area contributed by atoms with Crippen LogP contribution >= 0.6 is 11.8 Å². The molecule has 0 saturated heterocycles. The highest BCUT2D eigenvalue weighted by Gasteiger charge is 2.06. The second-order valence-electron chi connectivity index (χ2n) is 4.20. The number of ether oxygens (including phenoxy) is 1. The lowest BCUT2D eigenvalue weighted by atomic mass is 10.3. The van der Waals surface area contributed by atoms with Gasteiger partial charge in [-0.15, -0.1) is 0 Å². The largest absolute Gasteiger partial charge is 0.383 e. The Kier molecular flexibility index (Phi) is 5.98. The molecule has 0 saturated carbocycles. The van der Waals surface area contributed by atoms with Gasteiger partial charge in [0.15, 0.2) is 0 Å². The van der Waals surface area contributed by atoms with E-state index in [1.807, 2.05) is 18.2 Å². The number of hydrogen-bond donors (Lipinski definition) is 1. The lowest BCUT2D eigenvalue weighted by Crippen LogP contribution is -2.19. The summed E-state index contributed by atoms with van der Waals surface area (Å²) < 4.78 is 18.2. The van der Waals surface area contributed by atoms with Crippen LogP contribution in [0.2, 0.25) is 0 Å². The van der Waals surface area contributed by atoms with Crippen molar-refractivity contribution < 1.29 is 9.13 Å². The number of benzene rings is 1. The molecule has 3 nitrogen and oxygen atoms in total. The molecule has 0 fully saturated rings. The summed E-state index contributed by atoms with van der Waals surface area (Å²) in [6.45, 7) is 2.18. The molecule has 1 aromatic carbocycles. The van der Waals surface area contributed by atoms with Gasteiger partial charge in [-0.25, -0.2) is 9.37 Å². The Morgan fingerprint density at radius 3 is 3.00 bits per heavy atom. The smallest absolute Gasteiger partial charge is 0.124 e. The summed E-state index contributed by atoms with van der Waals surface area (Å²) in [4.78, 5) is 5.22. The maximum atomic E-state index is 13.2. The molecule has 1 N–H and O–H groups in total. The number of halogens is 1. The first-order chi connectivity index (χ1) is 9.79. The molecule has 0 aliphatic heterocycles. The molecule has 0 amide bonds. The summed E-state index contributed by atoms with van der Waals surface area (Å²) in [5.74, 6) is -0.231. The number of methoxy groups -OCH3 is 1. The first kappa shape index (κ1) is 15.0. The molecule has 5 heteroatoms. The highest BCUT2D eigenvalue weighted by atomic mass is 32.2. The molecule has 0 unspecified atom stereocenters. The van der Waals surface area contributed by atoms with E-state index in [0.717, 1.165) is 28.6 Å². The first-order valence-electron chi connectivity index (χ1n) is 6.36. The van der Waals surface area contributed by atoms with Gasteiger partial charge in [-0.1, -0.05) is 23.9 Å². The molecule has 106 valence electrons. The van der Waals surface area contributed by atoms with Gasteiger partial charge in [0.25, 0.3) is 0 Å². The summed E-state index contributed by atoms with van der Waals surface area (Å²) in [7, 11) is 1.68. The van der Waals surface area contributed by atoms with E-state index in [2.05, 4.69) is 10.3 Å². The first-order valence-corrected chi connectivity index (χ1v) is 7.18. The second-order valence-corrected chi connectivity index (χ2v) is 5.26. The van der Waals surface area contributed by atoms with Gasteiger partial charge in [0, 0.05) is 31.3 Å². The molecular weight excluding hydrogens is 275 g/mol. The summed E-state index contributed by atoms with van der Waals surface area (Å²) in [6.07, 6.45) is 1.75. The fourth-order valence-electron chi connectivity index (χ4n) is 1.69. The Balaban J connectivity index is 2.03. The van der Waals surface area contributed by atoms with Gasteiger partial charge in [-0.2, -0.15) is 0 Å². The van der Waals surface area contributed by atoms with Crippen molar-refractivity contribution in [3.8, 4) is 0 Å². The molecule has 0 radical (unpaired) electrons. The molecule has 1 aromatic heterocycles. The Morgan fingerprint density at radius 2 is 2.20 bits per heavy atom. The van der Waals surface area contributed by atoms with Crippen LogP contribution in [-0.2, 0) is 11.3 Å². The van der Waals surface area contributed by atoms with Gasteiger partial charge in [0.1, 0.15) is 10.8 Å². The zero-order valence-electron chi connectivity index (χ0n) is 11.3. The van der Waals surface area contributed by atoms with Crippen molar-refractivity contribution >= 4 is 11.8 Å². The minimum absolute atomic E-state index is 0.231. The third-order valence-electron chi connectivity index (χ3n) is 2.66. The van der Waals surface area contributed by atoms with Crippen LogP contribution in [0, 0.1) is 5.82 Å². The molecule has 20 heavy (non-hydrogen) atoms. The quantitative estimate of drug-likeness (QED) is 0.795. The van der Waals surface area contributed by atoms with Crippen molar-refractivity contribution in [2.24, 2.45) is 0 Å². The Morgan fingerprint density at radius 1 is 1.30 bits per heavy atom. The van der Waals surface area contributed by atoms with Crippen LogP contribution in [0.25, 0.3) is 0 Å². The topological polar surface area (TPSA) is 34.1 Å². The third-order valence-corrected chi connectivity index (χ3v) is 3.71. The van der Waals surface area contributed by atoms with Crippen molar-refractivity contribution in [2.45, 2.75) is 16.5 Å². The van der Waals surface area contributed by atoms with Gasteiger partial charge in [-0.05, 0) is 29.8 Å². The summed E-state index contributed by atoms with van der Waals surface area (Å²) >= 11 is 1.47. The van der Waals surface area contributed by atoms with E-state index in [-0.39, 0.29) is 5.82 Å². The maximum Gasteiger partial charge on any atom is 0.124 e. The van der Waals surface area contributed by atoms with E-state index in [1.54, 1.807) is 19.4 Å². The highest BCUT2D eigenvalue weighted by Crippen LogP contribution is 2.28. The van der Waals surface area contributed by atoms with Gasteiger partial charge in [-0.3, -0.25) is 0 Å². The highest BCUT2D eigenvalue weighted by molar-refractivity contribution is 7.99. The number of nitrogens with zero attached hydrogens (tertiary/aromatic N) is 1. The summed E-state index contributed by atoms with van der Waals surface area (Å²) in [5, 5.41) is 4.18. The Bertz CT molecular complexity index is 551. The van der Waals surface area contributed by atoms with Gasteiger partial charge >= 0.3 is 0 Å². The predicted molar refractivity (Wildman–Crippen MR) is 78.3 cm³/mol. The average Bonchev–Trinajstić information content (AvgIpc) is 2.45. The molecule has 0 aliphatic carbocycles. The molecule has 0 spiro atoms. The van der Waals surface area contributed by atoms with E-state index >= 15 is 0 Å². The zero-order valence-corrected chi connectivity index (χ0v) is 12.1. The molecule has 2 rings (SSSR count). The van der Waals surface area contributed by atoms with E-state index in [4.69, 9.17) is 4.74 Å². The lowest BCUT2D eigenvalue weighted by molar-refractivity contribution is 0.199.